The number of alkyl halides is 1. The van der Waals surface area contributed by atoms with Crippen molar-refractivity contribution in [2.75, 3.05) is 39.3 Å². The highest BCUT2D eigenvalue weighted by molar-refractivity contribution is 9.09. The molecule has 0 aromatic carbocycles. The normalized spacial score (nSPS) is 29.9. The molecule has 3 amide bonds. The summed E-state index contributed by atoms with van der Waals surface area (Å²) in [6.45, 7) is 14.1. The second-order valence-corrected chi connectivity index (χ2v) is 11.7. The van der Waals surface area contributed by atoms with E-state index in [-0.39, 0.29) is 29.2 Å². The molecule has 8 nitrogen and oxygen atoms in total. The third-order valence-corrected chi connectivity index (χ3v) is 8.81. The number of fused-ring (bicyclic) bond motifs is 1. The van der Waals surface area contributed by atoms with Gasteiger partial charge in [-0.1, -0.05) is 54.8 Å². The Labute approximate surface area is 230 Å². The van der Waals surface area contributed by atoms with E-state index in [1.54, 1.807) is 26.9 Å². The lowest BCUT2D eigenvalue weighted by molar-refractivity contribution is -0.148. The third-order valence-electron chi connectivity index (χ3n) is 7.96. The van der Waals surface area contributed by atoms with E-state index in [0.29, 0.717) is 52.0 Å². The van der Waals surface area contributed by atoms with Crippen molar-refractivity contribution in [3.8, 4) is 0 Å². The van der Waals surface area contributed by atoms with Crippen LogP contribution in [0.1, 0.15) is 58.8 Å². The summed E-state index contributed by atoms with van der Waals surface area (Å²) in [6, 6.07) is -0.799. The molecule has 2 bridgehead atoms. The maximum atomic E-state index is 14.2. The Bertz CT molecular complexity index is 854. The van der Waals surface area contributed by atoms with Crippen molar-refractivity contribution < 1.29 is 24.2 Å². The molecule has 3 fully saturated rings. The summed E-state index contributed by atoms with van der Waals surface area (Å²) in [5.74, 6) is -1.78. The summed E-state index contributed by atoms with van der Waals surface area (Å²) < 4.78 is 6.63. The van der Waals surface area contributed by atoms with Gasteiger partial charge in [-0.25, -0.2) is 0 Å². The fourth-order valence-electron chi connectivity index (χ4n) is 6.43. The predicted molar refractivity (Wildman–Crippen MR) is 147 cm³/mol. The molecular formula is C28H44BrN3O5. The summed E-state index contributed by atoms with van der Waals surface area (Å²) in [6.07, 6.45) is 8.27. The fraction of sp³-hybridized carbons (Fsp3) is 0.750. The molecule has 3 heterocycles. The standard InChI is InChI=1S/C28H44BrN3O5/c1-5-9-10-16-31(15-8-4)27(36)24-28-19-20(29)23(37-28)21(25(34)30(13-6-2)14-7-3)22(28)26(35)32(24)17-11-12-18-33/h6,8,20-24,33H,2,4-5,7,9-19H2,1,3H3/t20?,21-,22+,23-,24?,28?/m1/s1. The number of ether oxygens (including phenoxy) is 1. The van der Waals surface area contributed by atoms with Gasteiger partial charge in [-0.3, -0.25) is 14.4 Å². The lowest BCUT2D eigenvalue weighted by Gasteiger charge is -2.37. The number of aliphatic hydroxyl groups excluding tert-OH is 1. The van der Waals surface area contributed by atoms with Crippen molar-refractivity contribution in [3.63, 3.8) is 0 Å². The summed E-state index contributed by atoms with van der Waals surface area (Å²) >= 11 is 3.74. The minimum Gasteiger partial charge on any atom is -0.396 e. The number of hydrogen-bond donors (Lipinski definition) is 1. The van der Waals surface area contributed by atoms with E-state index in [9.17, 15) is 19.5 Å². The van der Waals surface area contributed by atoms with E-state index in [1.807, 2.05) is 6.92 Å². The number of amides is 3. The molecule has 1 N–H and O–H groups in total. The first-order valence-electron chi connectivity index (χ1n) is 13.8. The molecule has 1 spiro atoms. The Kier molecular flexibility index (Phi) is 10.8. The Morgan fingerprint density at radius 2 is 1.76 bits per heavy atom. The van der Waals surface area contributed by atoms with Gasteiger partial charge in [-0.05, 0) is 32.1 Å². The summed E-state index contributed by atoms with van der Waals surface area (Å²) in [5.41, 5.74) is -1.05. The van der Waals surface area contributed by atoms with E-state index in [4.69, 9.17) is 4.74 Å². The Morgan fingerprint density at radius 1 is 1.08 bits per heavy atom. The quantitative estimate of drug-likeness (QED) is 0.172. The monoisotopic (exact) mass is 581 g/mol. The van der Waals surface area contributed by atoms with Gasteiger partial charge in [0.15, 0.2) is 0 Å². The van der Waals surface area contributed by atoms with Gasteiger partial charge >= 0.3 is 0 Å². The maximum Gasteiger partial charge on any atom is 0.248 e. The topological polar surface area (TPSA) is 90.4 Å². The molecular weight excluding hydrogens is 538 g/mol. The summed E-state index contributed by atoms with van der Waals surface area (Å²) in [5, 5.41) is 9.36. The van der Waals surface area contributed by atoms with Crippen molar-refractivity contribution in [1.82, 2.24) is 14.7 Å². The molecule has 9 heteroatoms. The van der Waals surface area contributed by atoms with Gasteiger partial charge in [0.1, 0.15) is 11.6 Å². The van der Waals surface area contributed by atoms with E-state index < -0.39 is 29.6 Å². The zero-order chi connectivity index (χ0) is 27.2. The van der Waals surface area contributed by atoms with Crippen molar-refractivity contribution in [3.05, 3.63) is 25.3 Å². The molecule has 0 aromatic rings. The molecule has 3 saturated heterocycles. The van der Waals surface area contributed by atoms with Crippen molar-refractivity contribution in [2.24, 2.45) is 11.8 Å². The minimum atomic E-state index is -1.05. The van der Waals surface area contributed by atoms with E-state index >= 15 is 0 Å². The number of rotatable bonds is 16. The number of hydrogen-bond acceptors (Lipinski definition) is 5. The summed E-state index contributed by atoms with van der Waals surface area (Å²) in [4.78, 5) is 47.2. The number of aliphatic hydroxyl groups is 1. The van der Waals surface area contributed by atoms with Crippen LogP contribution in [-0.2, 0) is 19.1 Å². The van der Waals surface area contributed by atoms with Crippen molar-refractivity contribution in [2.45, 2.75) is 81.4 Å². The van der Waals surface area contributed by atoms with E-state index in [2.05, 4.69) is 36.0 Å². The van der Waals surface area contributed by atoms with Crippen LogP contribution in [-0.4, -0.2) is 99.4 Å². The van der Waals surface area contributed by atoms with Gasteiger partial charge in [-0.15, -0.1) is 13.2 Å². The number of carbonyl (C=O) groups is 3. The molecule has 37 heavy (non-hydrogen) atoms. The van der Waals surface area contributed by atoms with Gasteiger partial charge in [0, 0.05) is 44.2 Å². The smallest absolute Gasteiger partial charge is 0.248 e. The van der Waals surface area contributed by atoms with Crippen LogP contribution < -0.4 is 0 Å². The van der Waals surface area contributed by atoms with Crippen LogP contribution >= 0.6 is 15.9 Å². The molecule has 0 radical (unpaired) electrons. The molecule has 208 valence electrons. The van der Waals surface area contributed by atoms with Crippen molar-refractivity contribution >= 4 is 33.7 Å². The van der Waals surface area contributed by atoms with Gasteiger partial charge in [0.05, 0.1) is 17.9 Å². The number of halogens is 1. The molecule has 3 aliphatic rings. The molecule has 3 rings (SSSR count). The lowest BCUT2D eigenvalue weighted by Crippen LogP contribution is -2.57. The van der Waals surface area contributed by atoms with Crippen LogP contribution in [0.3, 0.4) is 0 Å². The second-order valence-electron chi connectivity index (χ2n) is 10.5. The highest BCUT2D eigenvalue weighted by Gasteiger charge is 2.76. The maximum absolute atomic E-state index is 14.2. The number of unbranched alkanes of at least 4 members (excludes halogenated alkanes) is 3. The highest BCUT2D eigenvalue weighted by atomic mass is 79.9. The van der Waals surface area contributed by atoms with Gasteiger partial charge < -0.3 is 24.5 Å². The first-order chi connectivity index (χ1) is 17.8. The lowest BCUT2D eigenvalue weighted by atomic mass is 9.70. The van der Waals surface area contributed by atoms with Crippen LogP contribution in [0.15, 0.2) is 25.3 Å². The Hall–Kier alpha value is -1.71. The third kappa shape index (κ3) is 5.69. The van der Waals surface area contributed by atoms with E-state index in [0.717, 1.165) is 25.7 Å². The average Bonchev–Trinajstić information content (AvgIpc) is 3.46. The largest absolute Gasteiger partial charge is 0.396 e. The average molecular weight is 583 g/mol. The van der Waals surface area contributed by atoms with Gasteiger partial charge in [0.25, 0.3) is 0 Å². The Balaban J connectivity index is 2.01. The van der Waals surface area contributed by atoms with Crippen LogP contribution in [0.5, 0.6) is 0 Å². The fourth-order valence-corrected chi connectivity index (χ4v) is 7.37. The molecule has 3 unspecified atom stereocenters. The molecule has 6 atom stereocenters. The van der Waals surface area contributed by atoms with Crippen LogP contribution in [0, 0.1) is 11.8 Å². The number of nitrogens with zero attached hydrogens (tertiary/aromatic N) is 3. The van der Waals surface area contributed by atoms with Crippen LogP contribution in [0.25, 0.3) is 0 Å². The van der Waals surface area contributed by atoms with Gasteiger partial charge in [-0.2, -0.15) is 0 Å². The summed E-state index contributed by atoms with van der Waals surface area (Å²) in [7, 11) is 0. The second kappa shape index (κ2) is 13.4. The zero-order valence-corrected chi connectivity index (χ0v) is 24.0. The number of likely N-dealkylation sites (tertiary alicyclic amines) is 1. The highest BCUT2D eigenvalue weighted by Crippen LogP contribution is 2.60. The van der Waals surface area contributed by atoms with Crippen LogP contribution in [0.4, 0.5) is 0 Å². The first-order valence-corrected chi connectivity index (χ1v) is 14.8. The zero-order valence-electron chi connectivity index (χ0n) is 22.4. The molecule has 0 saturated carbocycles. The van der Waals surface area contributed by atoms with Crippen LogP contribution in [0.2, 0.25) is 0 Å². The van der Waals surface area contributed by atoms with Crippen molar-refractivity contribution in [1.29, 1.82) is 0 Å². The predicted octanol–water partition coefficient (Wildman–Crippen LogP) is 3.14. The molecule has 3 aliphatic heterocycles. The van der Waals surface area contributed by atoms with Gasteiger partial charge in [0.2, 0.25) is 17.7 Å². The number of carbonyl (C=O) groups excluding carboxylic acids is 3. The molecule has 0 aliphatic carbocycles. The molecule has 0 aromatic heterocycles. The SMILES string of the molecule is C=CCN(CCCCC)C(=O)C1N(CCCCO)C(=O)[C@@H]2[C@@H](C(=O)N(CC=C)CCC)[C@@H]3OC12CC3Br. The minimum absolute atomic E-state index is 0.0194. The first kappa shape index (κ1) is 29.8. The Morgan fingerprint density at radius 3 is 2.35 bits per heavy atom. The van der Waals surface area contributed by atoms with E-state index in [1.165, 1.54) is 0 Å².